The fourth-order valence-electron chi connectivity index (χ4n) is 2.64. The molecule has 3 nitrogen and oxygen atoms in total. The molecule has 1 aromatic carbocycles. The van der Waals surface area contributed by atoms with Crippen molar-refractivity contribution in [3.8, 4) is 0 Å². The van der Waals surface area contributed by atoms with Crippen molar-refractivity contribution >= 4 is 5.91 Å². The van der Waals surface area contributed by atoms with Gasteiger partial charge in [0.05, 0.1) is 0 Å². The summed E-state index contributed by atoms with van der Waals surface area (Å²) >= 11 is 0. The quantitative estimate of drug-likeness (QED) is 0.873. The van der Waals surface area contributed by atoms with E-state index in [-0.39, 0.29) is 5.91 Å². The average molecular weight is 260 g/mol. The molecule has 1 saturated heterocycles. The predicted octanol–water partition coefficient (Wildman–Crippen LogP) is 2.42. The zero-order valence-electron chi connectivity index (χ0n) is 12.0. The maximum absolute atomic E-state index is 12.1. The van der Waals surface area contributed by atoms with Gasteiger partial charge in [0.25, 0.3) is 5.91 Å². The molecule has 3 heteroatoms. The first-order valence-corrected chi connectivity index (χ1v) is 7.23. The number of hydrogen-bond donors (Lipinski definition) is 2. The third-order valence-corrected chi connectivity index (χ3v) is 3.93. The highest BCUT2D eigenvalue weighted by molar-refractivity contribution is 5.95. The molecule has 1 heterocycles. The highest BCUT2D eigenvalue weighted by Crippen LogP contribution is 2.15. The number of carbonyl (C=O) groups excluding carboxylic acids is 1. The Balaban J connectivity index is 1.82. The lowest BCUT2D eigenvalue weighted by molar-refractivity contribution is 0.0950. The first-order valence-electron chi connectivity index (χ1n) is 7.23. The second-order valence-corrected chi connectivity index (χ2v) is 5.56. The molecule has 0 radical (unpaired) electrons. The average Bonchev–Trinajstić information content (AvgIpc) is 2.42. The van der Waals surface area contributed by atoms with E-state index in [0.717, 1.165) is 48.7 Å². The molecule has 0 unspecified atom stereocenters. The van der Waals surface area contributed by atoms with Crippen LogP contribution in [0, 0.1) is 19.8 Å². The number of hydrogen-bond acceptors (Lipinski definition) is 2. The molecule has 0 spiro atoms. The molecule has 2 rings (SSSR count). The van der Waals surface area contributed by atoms with Crippen molar-refractivity contribution in [2.75, 3.05) is 19.6 Å². The Morgan fingerprint density at radius 3 is 2.79 bits per heavy atom. The Bertz CT molecular complexity index is 436. The Morgan fingerprint density at radius 1 is 1.32 bits per heavy atom. The minimum Gasteiger partial charge on any atom is -0.352 e. The first-order chi connectivity index (χ1) is 9.16. The number of rotatable bonds is 4. The van der Waals surface area contributed by atoms with Gasteiger partial charge in [0.15, 0.2) is 0 Å². The van der Waals surface area contributed by atoms with Gasteiger partial charge in [0.2, 0.25) is 0 Å². The molecule has 104 valence electrons. The molecule has 0 saturated carbocycles. The lowest BCUT2D eigenvalue weighted by Crippen LogP contribution is -2.31. The highest BCUT2D eigenvalue weighted by Gasteiger charge is 2.14. The summed E-state index contributed by atoms with van der Waals surface area (Å²) in [6, 6.07) is 6.02. The number of piperidine rings is 1. The fourth-order valence-corrected chi connectivity index (χ4v) is 2.64. The van der Waals surface area contributed by atoms with Crippen molar-refractivity contribution in [1.82, 2.24) is 10.6 Å². The summed E-state index contributed by atoms with van der Waals surface area (Å²) in [7, 11) is 0. The highest BCUT2D eigenvalue weighted by atomic mass is 16.1. The molecule has 1 aliphatic rings. The lowest BCUT2D eigenvalue weighted by atomic mass is 9.95. The van der Waals surface area contributed by atoms with Gasteiger partial charge >= 0.3 is 0 Å². The van der Waals surface area contributed by atoms with E-state index >= 15 is 0 Å². The first kappa shape index (κ1) is 14.1. The van der Waals surface area contributed by atoms with Gasteiger partial charge in [0.1, 0.15) is 0 Å². The van der Waals surface area contributed by atoms with Crippen molar-refractivity contribution in [3.63, 3.8) is 0 Å². The van der Waals surface area contributed by atoms with Gasteiger partial charge in [-0.15, -0.1) is 0 Å². The zero-order chi connectivity index (χ0) is 13.7. The number of amides is 1. The van der Waals surface area contributed by atoms with Gasteiger partial charge in [-0.2, -0.15) is 0 Å². The van der Waals surface area contributed by atoms with E-state index in [9.17, 15) is 4.79 Å². The van der Waals surface area contributed by atoms with Gasteiger partial charge in [0, 0.05) is 12.1 Å². The van der Waals surface area contributed by atoms with Crippen LogP contribution in [-0.2, 0) is 0 Å². The maximum Gasteiger partial charge on any atom is 0.251 e. The second kappa shape index (κ2) is 6.71. The maximum atomic E-state index is 12.1. The van der Waals surface area contributed by atoms with E-state index in [2.05, 4.69) is 10.6 Å². The van der Waals surface area contributed by atoms with Gasteiger partial charge in [-0.1, -0.05) is 17.7 Å². The van der Waals surface area contributed by atoms with E-state index in [1.807, 2.05) is 32.0 Å². The molecule has 1 aliphatic heterocycles. The number of aryl methyl sites for hydroxylation is 2. The lowest BCUT2D eigenvalue weighted by Gasteiger charge is -2.22. The van der Waals surface area contributed by atoms with E-state index in [1.165, 1.54) is 12.8 Å². The van der Waals surface area contributed by atoms with Crippen LogP contribution in [-0.4, -0.2) is 25.5 Å². The molecular formula is C16H24N2O. The smallest absolute Gasteiger partial charge is 0.251 e. The van der Waals surface area contributed by atoms with Crippen LogP contribution in [0.15, 0.2) is 18.2 Å². The Labute approximate surface area is 115 Å². The van der Waals surface area contributed by atoms with Crippen LogP contribution in [0.3, 0.4) is 0 Å². The van der Waals surface area contributed by atoms with Crippen molar-refractivity contribution in [1.29, 1.82) is 0 Å². The van der Waals surface area contributed by atoms with E-state index in [4.69, 9.17) is 0 Å². The van der Waals surface area contributed by atoms with Crippen molar-refractivity contribution in [2.24, 2.45) is 5.92 Å². The molecule has 0 bridgehead atoms. The minimum absolute atomic E-state index is 0.0649. The topological polar surface area (TPSA) is 41.1 Å². The Hall–Kier alpha value is -1.35. The fraction of sp³-hybridized carbons (Fsp3) is 0.562. The van der Waals surface area contributed by atoms with E-state index in [1.54, 1.807) is 0 Å². The van der Waals surface area contributed by atoms with Crippen LogP contribution in [0.2, 0.25) is 0 Å². The molecular weight excluding hydrogens is 236 g/mol. The van der Waals surface area contributed by atoms with Crippen LogP contribution in [0.5, 0.6) is 0 Å². The van der Waals surface area contributed by atoms with Crippen LogP contribution < -0.4 is 10.6 Å². The van der Waals surface area contributed by atoms with Crippen molar-refractivity contribution in [3.05, 3.63) is 34.9 Å². The van der Waals surface area contributed by atoms with Crippen LogP contribution in [0.25, 0.3) is 0 Å². The minimum atomic E-state index is 0.0649. The molecule has 0 atom stereocenters. The number of carbonyl (C=O) groups is 1. The Morgan fingerprint density at radius 2 is 2.05 bits per heavy atom. The number of nitrogens with one attached hydrogen (secondary N) is 2. The summed E-state index contributed by atoms with van der Waals surface area (Å²) in [5.74, 6) is 0.829. The molecule has 2 N–H and O–H groups in total. The molecule has 19 heavy (non-hydrogen) atoms. The van der Waals surface area contributed by atoms with Crippen LogP contribution >= 0.6 is 0 Å². The molecule has 0 aliphatic carbocycles. The standard InChI is InChI=1S/C16H24N2O/c1-12-3-4-13(2)15(11-12)16(19)18-10-7-14-5-8-17-9-6-14/h3-4,11,14,17H,5-10H2,1-2H3,(H,18,19). The van der Waals surface area contributed by atoms with Crippen LogP contribution in [0.4, 0.5) is 0 Å². The van der Waals surface area contributed by atoms with Crippen molar-refractivity contribution in [2.45, 2.75) is 33.1 Å². The summed E-state index contributed by atoms with van der Waals surface area (Å²) in [6.45, 7) is 7.04. The van der Waals surface area contributed by atoms with Crippen LogP contribution in [0.1, 0.15) is 40.7 Å². The molecule has 1 aromatic rings. The number of benzene rings is 1. The third-order valence-electron chi connectivity index (χ3n) is 3.93. The zero-order valence-corrected chi connectivity index (χ0v) is 12.0. The Kier molecular flexibility index (Phi) is 4.97. The predicted molar refractivity (Wildman–Crippen MR) is 78.5 cm³/mol. The molecule has 1 amide bonds. The van der Waals surface area contributed by atoms with Gasteiger partial charge in [-0.05, 0) is 63.7 Å². The van der Waals surface area contributed by atoms with Gasteiger partial charge in [-0.3, -0.25) is 4.79 Å². The summed E-state index contributed by atoms with van der Waals surface area (Å²) in [4.78, 5) is 12.1. The second-order valence-electron chi connectivity index (χ2n) is 5.56. The molecule has 0 aromatic heterocycles. The van der Waals surface area contributed by atoms with E-state index < -0.39 is 0 Å². The summed E-state index contributed by atoms with van der Waals surface area (Å²) < 4.78 is 0. The van der Waals surface area contributed by atoms with Crippen molar-refractivity contribution < 1.29 is 4.79 Å². The SMILES string of the molecule is Cc1ccc(C)c(C(=O)NCCC2CCNCC2)c1. The molecule has 1 fully saturated rings. The monoisotopic (exact) mass is 260 g/mol. The summed E-state index contributed by atoms with van der Waals surface area (Å²) in [5.41, 5.74) is 2.99. The van der Waals surface area contributed by atoms with Gasteiger partial charge in [-0.25, -0.2) is 0 Å². The van der Waals surface area contributed by atoms with Gasteiger partial charge < -0.3 is 10.6 Å². The largest absolute Gasteiger partial charge is 0.352 e. The summed E-state index contributed by atoms with van der Waals surface area (Å²) in [5, 5.41) is 6.42. The normalized spacial score (nSPS) is 16.3. The van der Waals surface area contributed by atoms with E-state index in [0.29, 0.717) is 0 Å². The third kappa shape index (κ3) is 4.06. The summed E-state index contributed by atoms with van der Waals surface area (Å²) in [6.07, 6.45) is 3.57.